The number of aromatic nitrogens is 4. The van der Waals surface area contributed by atoms with Crippen LogP contribution in [-0.2, 0) is 45.6 Å². The maximum atomic E-state index is 14.6. The maximum absolute atomic E-state index is 14.6. The third kappa shape index (κ3) is 22.0. The van der Waals surface area contributed by atoms with Crippen LogP contribution in [-0.4, -0.2) is 174 Å². The first-order valence-electron chi connectivity index (χ1n) is 36.7. The summed E-state index contributed by atoms with van der Waals surface area (Å²) in [6.45, 7) is 3.60. The minimum Gasteiger partial charge on any atom is -0.508 e. The zero-order chi connectivity index (χ0) is 82.6. The number of benzene rings is 6. The number of aromatic hydroxyl groups is 3. The number of unbranched alkanes of at least 4 members (excludes halogenated alkanes) is 2. The summed E-state index contributed by atoms with van der Waals surface area (Å²) in [5.41, 5.74) is 14.7. The average molecular weight is 1590 g/mol. The van der Waals surface area contributed by atoms with Crippen molar-refractivity contribution in [1.82, 2.24) is 62.5 Å². The zero-order valence-electron chi connectivity index (χ0n) is 62.9. The number of phenolic OH excluding ortho intramolecular Hbond substituents is 2. The van der Waals surface area contributed by atoms with Crippen molar-refractivity contribution in [2.45, 2.75) is 120 Å². The Kier molecular flexibility index (Phi) is 27.9. The van der Waals surface area contributed by atoms with Crippen LogP contribution >= 0.6 is 12.2 Å². The summed E-state index contributed by atoms with van der Waals surface area (Å²) in [7, 11) is 3.84. The van der Waals surface area contributed by atoms with E-state index >= 15 is 0 Å². The number of carboxylic acids is 2. The highest BCUT2D eigenvalue weighted by Gasteiger charge is 2.54. The summed E-state index contributed by atoms with van der Waals surface area (Å²) >= 11 is 5.66. The second-order valence-electron chi connectivity index (χ2n) is 27.6. The van der Waals surface area contributed by atoms with Crippen LogP contribution in [0.25, 0.3) is 11.2 Å². The number of anilines is 4. The molecule has 2 aliphatic heterocycles. The van der Waals surface area contributed by atoms with Crippen LogP contribution < -0.4 is 74.3 Å². The van der Waals surface area contributed by atoms with Crippen LogP contribution in [0.3, 0.4) is 0 Å². The van der Waals surface area contributed by atoms with E-state index in [2.05, 4.69) is 83.3 Å². The van der Waals surface area contributed by atoms with Crippen molar-refractivity contribution in [3.8, 4) is 28.9 Å². The topological polar surface area (TPSA) is 542 Å². The highest BCUT2D eigenvalue weighted by molar-refractivity contribution is 7.80. The lowest BCUT2D eigenvalue weighted by Crippen LogP contribution is -2.58. The smallest absolute Gasteiger partial charge is 0.340 e. The van der Waals surface area contributed by atoms with E-state index in [1.54, 1.807) is 68.4 Å². The van der Waals surface area contributed by atoms with Gasteiger partial charge in [0.2, 0.25) is 35.5 Å². The number of ether oxygens (including phenoxy) is 2. The van der Waals surface area contributed by atoms with Crippen LogP contribution in [0.4, 0.5) is 39.2 Å². The van der Waals surface area contributed by atoms with E-state index in [1.807, 2.05) is 43.3 Å². The number of carboxylic acid groups (broad SMARTS) is 2. The Labute approximate surface area is 663 Å². The Bertz CT molecular complexity index is 4950. The third-order valence-electron chi connectivity index (χ3n) is 18.7. The fourth-order valence-electron chi connectivity index (χ4n) is 12.7. The number of fused-ring (bicyclic) bond motifs is 7. The van der Waals surface area contributed by atoms with Crippen molar-refractivity contribution >= 4 is 122 Å². The molecule has 602 valence electrons. The molecule has 0 unspecified atom stereocenters. The van der Waals surface area contributed by atoms with E-state index in [1.165, 1.54) is 54.7 Å². The summed E-state index contributed by atoms with van der Waals surface area (Å²) in [5, 5.41) is 87.4. The van der Waals surface area contributed by atoms with Gasteiger partial charge in [0.05, 0.1) is 35.4 Å². The Morgan fingerprint density at radius 3 is 1.73 bits per heavy atom. The molecule has 0 saturated heterocycles. The van der Waals surface area contributed by atoms with Gasteiger partial charge in [0.1, 0.15) is 53.2 Å². The molecule has 0 aliphatic carbocycles. The van der Waals surface area contributed by atoms with Gasteiger partial charge in [0, 0.05) is 97.2 Å². The molecule has 36 nitrogen and oxygen atoms in total. The molecule has 0 bridgehead atoms. The number of aliphatic carboxylic acids is 2. The molecule has 10 rings (SSSR count). The van der Waals surface area contributed by atoms with Gasteiger partial charge in [-0.15, -0.1) is 0 Å². The van der Waals surface area contributed by atoms with Crippen molar-refractivity contribution in [3.05, 3.63) is 173 Å². The first-order chi connectivity index (χ1) is 55.0. The molecule has 0 radical (unpaired) electrons. The number of carbonyl (C=O) groups excluding carboxylic acids is 8. The molecule has 2 aliphatic rings. The predicted molar refractivity (Wildman–Crippen MR) is 424 cm³/mol. The quantitative estimate of drug-likeness (QED) is 0.00840. The molecule has 4 heterocycles. The summed E-state index contributed by atoms with van der Waals surface area (Å²) in [6.07, 6.45) is 1.49. The zero-order valence-corrected chi connectivity index (χ0v) is 63.7. The number of hydrogen-bond donors (Lipinski definition) is 17. The lowest BCUT2D eigenvalue weighted by atomic mass is 9.77. The fourth-order valence-corrected chi connectivity index (χ4v) is 12.9. The third-order valence-corrected chi connectivity index (χ3v) is 18.9. The summed E-state index contributed by atoms with van der Waals surface area (Å²) in [6, 6.07) is 25.5. The van der Waals surface area contributed by atoms with Crippen molar-refractivity contribution in [1.29, 1.82) is 0 Å². The molecule has 2 aromatic heterocycles. The molecular formula is C78H87N19O17S. The molecule has 19 N–H and O–H groups in total. The van der Waals surface area contributed by atoms with E-state index < -0.39 is 120 Å². The number of urea groups is 1. The van der Waals surface area contributed by atoms with E-state index in [4.69, 9.17) is 33.2 Å². The molecule has 8 aromatic rings. The minimum absolute atomic E-state index is 0.00332. The second kappa shape index (κ2) is 38.4. The number of azo groups is 1. The van der Waals surface area contributed by atoms with Gasteiger partial charge in [-0.3, -0.25) is 28.8 Å². The lowest BCUT2D eigenvalue weighted by molar-refractivity contribution is -0.140. The number of primary amides is 1. The standard InChI is InChI=1S/C78H87N19O17S/c1-41(2)63(70(105)89-56(12-9-35-82-76(80)112)68(103)81-33-7-6-11-58(72(107)108)90-66(101)43-15-19-45(20-16-43)95-96-46-21-24-49(25-22-46)97(3)4)92-69(104)57(88-62(100)32-31-59(73(109)110)91-67(102)42-13-17-44(18-14-42)84-39-48-40-85-65-64(86-48)71(106)94-75(79)93-65)10-5-8-34-83-77(115)87-47-23-28-53-52(36-47)74(111)114-78(53)54-29-26-50(98)37-60(54)113-61-38-51(99)27-30-55(61)78/h13-30,36-38,40-41,56-59,63,84,98-99H,5-12,31-35,39H2,1-4H3,(H,81,103)(H,88,100)(H,89,105)(H,90,101)(H,91,102)(H,92,104)(H,107,108)(H,109,110)(H3,80,82,112)(H2,83,87,115)(H3,79,85,93,94,106)/t56-,57-,58-,59-,63-/m0/s1. The Hall–Kier alpha value is -13.9. The largest absolute Gasteiger partial charge is 0.508 e. The second-order valence-corrected chi connectivity index (χ2v) is 28.0. The Morgan fingerprint density at radius 1 is 0.583 bits per heavy atom. The lowest BCUT2D eigenvalue weighted by Gasteiger charge is -2.36. The number of hydrogen-bond acceptors (Lipinski definition) is 25. The van der Waals surface area contributed by atoms with Crippen LogP contribution in [0.15, 0.2) is 144 Å². The number of thiocarbonyl (C=S) groups is 1. The van der Waals surface area contributed by atoms with E-state index in [9.17, 15) is 73.5 Å². The average Bonchev–Trinajstić information content (AvgIpc) is 1.58. The van der Waals surface area contributed by atoms with Crippen LogP contribution in [0.1, 0.15) is 132 Å². The Morgan fingerprint density at radius 2 is 1.13 bits per heavy atom. The number of phenols is 2. The maximum Gasteiger partial charge on any atom is 0.340 e. The van der Waals surface area contributed by atoms with Gasteiger partial charge in [-0.2, -0.15) is 20.2 Å². The number of nitrogens with two attached hydrogens (primary N) is 2. The molecule has 5 atom stereocenters. The van der Waals surface area contributed by atoms with E-state index in [0.29, 0.717) is 51.6 Å². The van der Waals surface area contributed by atoms with Crippen molar-refractivity contribution in [3.63, 3.8) is 0 Å². The van der Waals surface area contributed by atoms with Crippen LogP contribution in [0.2, 0.25) is 0 Å². The van der Waals surface area contributed by atoms with E-state index in [-0.39, 0.29) is 133 Å². The molecular weight excluding hydrogens is 1510 g/mol. The number of nitrogens with one attached hydrogen (secondary N) is 10. The number of nitrogens with zero attached hydrogens (tertiary/aromatic N) is 7. The number of nitrogen functional groups attached to an aromatic ring is 1. The van der Waals surface area contributed by atoms with Gasteiger partial charge in [-0.05, 0) is 185 Å². The number of amides is 8. The van der Waals surface area contributed by atoms with Gasteiger partial charge in [0.25, 0.3) is 11.8 Å². The summed E-state index contributed by atoms with van der Waals surface area (Å²) in [4.78, 5) is 152. The van der Waals surface area contributed by atoms with Gasteiger partial charge in [-0.25, -0.2) is 29.1 Å². The van der Waals surface area contributed by atoms with Gasteiger partial charge >= 0.3 is 23.9 Å². The molecule has 8 amide bonds. The van der Waals surface area contributed by atoms with Crippen LogP contribution in [0, 0.1) is 5.92 Å². The van der Waals surface area contributed by atoms with Gasteiger partial charge in [0.15, 0.2) is 21.9 Å². The normalized spacial score (nSPS) is 13.5. The molecule has 115 heavy (non-hydrogen) atoms. The molecule has 1 spiro atoms. The minimum atomic E-state index is -1.60. The molecule has 0 fully saturated rings. The molecule has 0 saturated carbocycles. The number of rotatable bonds is 37. The fraction of sp³-hybridized carbons (Fsp3) is 0.321. The van der Waals surface area contributed by atoms with Crippen LogP contribution in [0.5, 0.6) is 28.9 Å². The highest BCUT2D eigenvalue weighted by atomic mass is 32.1. The first kappa shape index (κ1) is 83.6. The highest BCUT2D eigenvalue weighted by Crippen LogP contribution is 2.57. The first-order valence-corrected chi connectivity index (χ1v) is 37.1. The summed E-state index contributed by atoms with van der Waals surface area (Å²) < 4.78 is 12.3. The molecule has 6 aromatic carbocycles. The predicted octanol–water partition coefficient (Wildman–Crippen LogP) is 6.63. The molecule has 37 heteroatoms. The van der Waals surface area contributed by atoms with Gasteiger partial charge in [-0.1, -0.05) is 19.9 Å². The summed E-state index contributed by atoms with van der Waals surface area (Å²) in [5.74, 6) is -9.03. The van der Waals surface area contributed by atoms with Crippen molar-refractivity contribution in [2.24, 2.45) is 21.9 Å². The van der Waals surface area contributed by atoms with Crippen molar-refractivity contribution in [2.75, 3.05) is 55.0 Å². The SMILES string of the molecule is CC(C)[C@H](NC(=O)[C@H](CCCCNC(=S)Nc1ccc2c(c1)C(=O)OC21c2ccc(O)cc2Oc2cc(O)ccc21)NC(=O)CC[C@H](NC(=O)c1ccc(NCc2cnc3nc(N)nc(O)c3n2)cc1)C(=O)O)C(=O)N[C@@H](CCCNC(N)=O)C(=O)NCCCC[C@H](NC(=O)c1ccc(N=Nc2ccc(N(C)C)cc2)cc1)C(=O)O. The van der Waals surface area contributed by atoms with E-state index in [0.717, 1.165) is 5.69 Å². The van der Waals surface area contributed by atoms with Crippen molar-refractivity contribution < 1.29 is 83.0 Å². The Balaban J connectivity index is 0.757. The number of carbonyl (C=O) groups is 10. The monoisotopic (exact) mass is 1590 g/mol. The number of esters is 1. The van der Waals surface area contributed by atoms with Gasteiger partial charge < -0.3 is 105 Å².